The van der Waals surface area contributed by atoms with Gasteiger partial charge in [-0.3, -0.25) is 4.98 Å². The Kier molecular flexibility index (Phi) is 3.49. The van der Waals surface area contributed by atoms with Crippen molar-refractivity contribution in [1.29, 1.82) is 0 Å². The normalized spacial score (nSPS) is 10.2. The lowest BCUT2D eigenvalue weighted by molar-refractivity contribution is 0.484. The minimum atomic E-state index is 0.514. The average molecular weight is 249 g/mol. The van der Waals surface area contributed by atoms with Gasteiger partial charge in [-0.1, -0.05) is 18.5 Å². The van der Waals surface area contributed by atoms with Crippen molar-refractivity contribution in [2.24, 2.45) is 0 Å². The number of anilines is 1. The first-order valence-corrected chi connectivity index (χ1v) is 5.74. The lowest BCUT2D eigenvalue weighted by atomic mass is 10.1. The molecule has 0 bridgehead atoms. The van der Waals surface area contributed by atoms with Gasteiger partial charge in [0.25, 0.3) is 0 Å². The predicted octanol–water partition coefficient (Wildman–Crippen LogP) is 3.67. The maximum Gasteiger partial charge on any atom is 0.153 e. The summed E-state index contributed by atoms with van der Waals surface area (Å²) >= 11 is 6.04. The number of aryl methyl sites for hydroxylation is 1. The van der Waals surface area contributed by atoms with Crippen LogP contribution in [0.1, 0.15) is 12.5 Å². The number of nitrogens with zero attached hydrogens (tertiary/aromatic N) is 1. The fraction of sp³-hybridized carbons (Fsp3) is 0.154. The third-order valence-corrected chi connectivity index (χ3v) is 2.80. The molecule has 1 heterocycles. The molecule has 0 fully saturated rings. The molecule has 1 aromatic carbocycles. The zero-order valence-electron chi connectivity index (χ0n) is 9.48. The molecule has 0 spiro atoms. The van der Waals surface area contributed by atoms with Crippen molar-refractivity contribution in [3.8, 4) is 11.5 Å². The van der Waals surface area contributed by atoms with Crippen molar-refractivity contribution in [3.63, 3.8) is 0 Å². The second kappa shape index (κ2) is 5.06. The van der Waals surface area contributed by atoms with Gasteiger partial charge in [-0.2, -0.15) is 0 Å². The highest BCUT2D eigenvalue weighted by Crippen LogP contribution is 2.29. The number of ether oxygens (including phenoxy) is 1. The van der Waals surface area contributed by atoms with Gasteiger partial charge in [0.05, 0.1) is 11.9 Å². The molecule has 2 N–H and O–H groups in total. The standard InChI is InChI=1S/C13H13ClN2O/c1-2-9-7-10(3-4-11(9)14)17-13-5-6-16-8-12(13)15/h3-8H,2,15H2,1H3. The van der Waals surface area contributed by atoms with Crippen LogP contribution >= 0.6 is 11.6 Å². The Morgan fingerprint density at radius 2 is 2.18 bits per heavy atom. The maximum atomic E-state index is 6.04. The van der Waals surface area contributed by atoms with Gasteiger partial charge in [0.15, 0.2) is 5.75 Å². The summed E-state index contributed by atoms with van der Waals surface area (Å²) < 4.78 is 5.68. The van der Waals surface area contributed by atoms with Crippen molar-refractivity contribution in [2.45, 2.75) is 13.3 Å². The molecule has 1 aromatic heterocycles. The van der Waals surface area contributed by atoms with Crippen LogP contribution in [0.5, 0.6) is 11.5 Å². The van der Waals surface area contributed by atoms with Crippen molar-refractivity contribution in [1.82, 2.24) is 4.98 Å². The summed E-state index contributed by atoms with van der Waals surface area (Å²) in [6.45, 7) is 2.05. The van der Waals surface area contributed by atoms with E-state index in [-0.39, 0.29) is 0 Å². The van der Waals surface area contributed by atoms with Crippen LogP contribution in [0.4, 0.5) is 5.69 Å². The average Bonchev–Trinajstić information content (AvgIpc) is 2.34. The van der Waals surface area contributed by atoms with Crippen LogP contribution in [0.15, 0.2) is 36.7 Å². The molecule has 0 saturated heterocycles. The molecule has 0 aliphatic rings. The minimum absolute atomic E-state index is 0.514. The number of pyridine rings is 1. The molecule has 2 aromatic rings. The summed E-state index contributed by atoms with van der Waals surface area (Å²) in [5, 5.41) is 0.752. The van der Waals surface area contributed by atoms with E-state index in [9.17, 15) is 0 Å². The fourth-order valence-corrected chi connectivity index (χ4v) is 1.75. The summed E-state index contributed by atoms with van der Waals surface area (Å²) in [4.78, 5) is 3.91. The lowest BCUT2D eigenvalue weighted by Crippen LogP contribution is -1.93. The van der Waals surface area contributed by atoms with E-state index in [2.05, 4.69) is 4.98 Å². The Balaban J connectivity index is 2.28. The molecular formula is C13H13ClN2O. The van der Waals surface area contributed by atoms with Crippen LogP contribution in [0.3, 0.4) is 0 Å². The monoisotopic (exact) mass is 248 g/mol. The quantitative estimate of drug-likeness (QED) is 0.902. The molecule has 0 aliphatic carbocycles. The molecule has 0 aliphatic heterocycles. The largest absolute Gasteiger partial charge is 0.455 e. The number of hydrogen-bond donors (Lipinski definition) is 1. The number of nitrogen functional groups attached to an aromatic ring is 1. The summed E-state index contributed by atoms with van der Waals surface area (Å²) in [6.07, 6.45) is 4.07. The number of benzene rings is 1. The molecular weight excluding hydrogens is 236 g/mol. The molecule has 0 radical (unpaired) electrons. The molecule has 0 amide bonds. The predicted molar refractivity (Wildman–Crippen MR) is 69.6 cm³/mol. The molecule has 0 saturated carbocycles. The molecule has 0 atom stereocenters. The van der Waals surface area contributed by atoms with Crippen LogP contribution in [0.25, 0.3) is 0 Å². The van der Waals surface area contributed by atoms with E-state index >= 15 is 0 Å². The van der Waals surface area contributed by atoms with E-state index in [0.29, 0.717) is 11.4 Å². The van der Waals surface area contributed by atoms with Crippen LogP contribution < -0.4 is 10.5 Å². The lowest BCUT2D eigenvalue weighted by Gasteiger charge is -2.09. The van der Waals surface area contributed by atoms with Crippen LogP contribution in [-0.4, -0.2) is 4.98 Å². The Bertz CT molecular complexity index is 529. The molecule has 0 unspecified atom stereocenters. The Morgan fingerprint density at radius 3 is 2.88 bits per heavy atom. The number of hydrogen-bond acceptors (Lipinski definition) is 3. The van der Waals surface area contributed by atoms with Crippen LogP contribution in [0, 0.1) is 0 Å². The van der Waals surface area contributed by atoms with Crippen molar-refractivity contribution in [3.05, 3.63) is 47.2 Å². The van der Waals surface area contributed by atoms with Gasteiger partial charge < -0.3 is 10.5 Å². The number of rotatable bonds is 3. The van der Waals surface area contributed by atoms with Gasteiger partial charge in [0.1, 0.15) is 5.75 Å². The first-order chi connectivity index (χ1) is 8.20. The maximum absolute atomic E-state index is 6.04. The van der Waals surface area contributed by atoms with E-state index in [1.807, 2.05) is 25.1 Å². The molecule has 88 valence electrons. The van der Waals surface area contributed by atoms with Crippen molar-refractivity contribution >= 4 is 17.3 Å². The van der Waals surface area contributed by atoms with Gasteiger partial charge in [-0.05, 0) is 30.2 Å². The molecule has 3 nitrogen and oxygen atoms in total. The minimum Gasteiger partial charge on any atom is -0.455 e. The summed E-state index contributed by atoms with van der Waals surface area (Å²) in [7, 11) is 0. The van der Waals surface area contributed by atoms with E-state index in [1.165, 1.54) is 0 Å². The number of halogens is 1. The van der Waals surface area contributed by atoms with E-state index < -0.39 is 0 Å². The van der Waals surface area contributed by atoms with Gasteiger partial charge >= 0.3 is 0 Å². The third-order valence-electron chi connectivity index (χ3n) is 2.44. The molecule has 4 heteroatoms. The van der Waals surface area contributed by atoms with E-state index in [4.69, 9.17) is 22.1 Å². The van der Waals surface area contributed by atoms with Crippen LogP contribution in [0.2, 0.25) is 5.02 Å². The highest BCUT2D eigenvalue weighted by molar-refractivity contribution is 6.31. The zero-order chi connectivity index (χ0) is 12.3. The van der Waals surface area contributed by atoms with Crippen LogP contribution in [-0.2, 0) is 6.42 Å². The topological polar surface area (TPSA) is 48.1 Å². The highest BCUT2D eigenvalue weighted by Gasteiger charge is 2.04. The summed E-state index contributed by atoms with van der Waals surface area (Å²) in [5.74, 6) is 1.33. The SMILES string of the molecule is CCc1cc(Oc2ccncc2N)ccc1Cl. The van der Waals surface area contributed by atoms with Gasteiger partial charge in [0.2, 0.25) is 0 Å². The third kappa shape index (κ3) is 2.68. The molecule has 17 heavy (non-hydrogen) atoms. The highest BCUT2D eigenvalue weighted by atomic mass is 35.5. The van der Waals surface area contributed by atoms with E-state index in [0.717, 1.165) is 22.8 Å². The molecule has 2 rings (SSSR count). The fourth-order valence-electron chi connectivity index (χ4n) is 1.50. The Hall–Kier alpha value is -1.74. The smallest absolute Gasteiger partial charge is 0.153 e. The second-order valence-electron chi connectivity index (χ2n) is 3.62. The number of nitrogens with two attached hydrogens (primary N) is 1. The van der Waals surface area contributed by atoms with Crippen molar-refractivity contribution < 1.29 is 4.74 Å². The van der Waals surface area contributed by atoms with Crippen molar-refractivity contribution in [2.75, 3.05) is 5.73 Å². The second-order valence-corrected chi connectivity index (χ2v) is 4.03. The van der Waals surface area contributed by atoms with Gasteiger partial charge in [-0.25, -0.2) is 0 Å². The van der Waals surface area contributed by atoms with Gasteiger partial charge in [0, 0.05) is 17.3 Å². The Labute approximate surface area is 105 Å². The van der Waals surface area contributed by atoms with Gasteiger partial charge in [-0.15, -0.1) is 0 Å². The van der Waals surface area contributed by atoms with E-state index in [1.54, 1.807) is 18.5 Å². The Morgan fingerprint density at radius 1 is 1.35 bits per heavy atom. The first-order valence-electron chi connectivity index (χ1n) is 5.36. The summed E-state index contributed by atoms with van der Waals surface area (Å²) in [6, 6.07) is 7.30. The number of aromatic nitrogens is 1. The zero-order valence-corrected chi connectivity index (χ0v) is 10.2. The summed E-state index contributed by atoms with van der Waals surface area (Å²) in [5.41, 5.74) is 7.32. The first kappa shape index (κ1) is 11.7.